The number of amides is 1. The van der Waals surface area contributed by atoms with Gasteiger partial charge in [0.2, 0.25) is 0 Å². The standard InChI is InChI=1S/C19H19FN6O2/c1-25-9-13(12-28-16-6-3-2-5-15(16)25)23-19(27)18-14(20)10-26(24-18)11-17-21-7-4-8-22-17/h2-8,10,13H,9,11-12H2,1H3,(H,23,27)/t13-/m1/s1. The molecule has 1 N–H and O–H groups in total. The molecule has 0 saturated heterocycles. The fourth-order valence-electron chi connectivity index (χ4n) is 3.10. The molecule has 3 heterocycles. The van der Waals surface area contributed by atoms with Gasteiger partial charge < -0.3 is 15.0 Å². The van der Waals surface area contributed by atoms with Crippen LogP contribution in [0.5, 0.6) is 5.75 Å². The van der Waals surface area contributed by atoms with Crippen LogP contribution in [-0.4, -0.2) is 51.9 Å². The fraction of sp³-hybridized carbons (Fsp3) is 0.263. The lowest BCUT2D eigenvalue weighted by atomic mass is 10.2. The maximum absolute atomic E-state index is 14.3. The molecule has 1 atom stereocenters. The lowest BCUT2D eigenvalue weighted by Crippen LogP contribution is -2.45. The van der Waals surface area contributed by atoms with Gasteiger partial charge >= 0.3 is 0 Å². The summed E-state index contributed by atoms with van der Waals surface area (Å²) in [7, 11) is 1.92. The third-order valence-corrected chi connectivity index (χ3v) is 4.40. The first-order chi connectivity index (χ1) is 13.6. The first-order valence-corrected chi connectivity index (χ1v) is 8.83. The number of fused-ring (bicyclic) bond motifs is 1. The maximum Gasteiger partial charge on any atom is 0.275 e. The van der Waals surface area contributed by atoms with Crippen molar-refractivity contribution in [2.75, 3.05) is 25.1 Å². The van der Waals surface area contributed by atoms with E-state index in [0.717, 1.165) is 17.6 Å². The summed E-state index contributed by atoms with van der Waals surface area (Å²) in [4.78, 5) is 22.7. The number of halogens is 1. The van der Waals surface area contributed by atoms with Crippen LogP contribution in [0.4, 0.5) is 10.1 Å². The van der Waals surface area contributed by atoms with Gasteiger partial charge in [0, 0.05) is 26.0 Å². The van der Waals surface area contributed by atoms with Gasteiger partial charge in [-0.05, 0) is 18.2 Å². The van der Waals surface area contributed by atoms with Crippen molar-refractivity contribution < 1.29 is 13.9 Å². The Morgan fingerprint density at radius 3 is 2.89 bits per heavy atom. The fourth-order valence-corrected chi connectivity index (χ4v) is 3.10. The maximum atomic E-state index is 14.3. The van der Waals surface area contributed by atoms with E-state index >= 15 is 0 Å². The van der Waals surface area contributed by atoms with Crippen molar-refractivity contribution in [3.05, 3.63) is 66.3 Å². The van der Waals surface area contributed by atoms with E-state index in [-0.39, 0.29) is 24.9 Å². The van der Waals surface area contributed by atoms with Crippen molar-refractivity contribution in [2.45, 2.75) is 12.6 Å². The predicted octanol–water partition coefficient (Wildman–Crippen LogP) is 1.49. The second-order valence-corrected chi connectivity index (χ2v) is 6.52. The molecule has 1 aliphatic heterocycles. The first-order valence-electron chi connectivity index (χ1n) is 8.83. The number of benzene rings is 1. The topological polar surface area (TPSA) is 85.2 Å². The number of hydrogen-bond donors (Lipinski definition) is 1. The molecule has 3 aromatic rings. The molecule has 0 unspecified atom stereocenters. The molecular formula is C19H19FN6O2. The lowest BCUT2D eigenvalue weighted by molar-refractivity contribution is 0.0915. The van der Waals surface area contributed by atoms with Gasteiger partial charge in [-0.15, -0.1) is 0 Å². The molecular weight excluding hydrogens is 363 g/mol. The zero-order chi connectivity index (χ0) is 19.5. The smallest absolute Gasteiger partial charge is 0.275 e. The first kappa shape index (κ1) is 17.9. The molecule has 1 aromatic carbocycles. The molecule has 4 rings (SSSR count). The van der Waals surface area contributed by atoms with Crippen LogP contribution in [0.3, 0.4) is 0 Å². The minimum Gasteiger partial charge on any atom is -0.489 e. The van der Waals surface area contributed by atoms with Gasteiger partial charge in [0.25, 0.3) is 5.91 Å². The highest BCUT2D eigenvalue weighted by Gasteiger charge is 2.25. The minimum absolute atomic E-state index is 0.176. The van der Waals surface area contributed by atoms with Crippen molar-refractivity contribution in [1.82, 2.24) is 25.1 Å². The number of nitrogens with zero attached hydrogens (tertiary/aromatic N) is 5. The van der Waals surface area contributed by atoms with Crippen LogP contribution in [0.2, 0.25) is 0 Å². The van der Waals surface area contributed by atoms with Crippen LogP contribution in [0, 0.1) is 5.82 Å². The molecule has 8 nitrogen and oxygen atoms in total. The molecule has 1 aliphatic rings. The van der Waals surface area contributed by atoms with E-state index in [1.807, 2.05) is 36.2 Å². The Bertz CT molecular complexity index is 978. The zero-order valence-electron chi connectivity index (χ0n) is 15.2. The van der Waals surface area contributed by atoms with Crippen LogP contribution in [0.1, 0.15) is 16.3 Å². The monoisotopic (exact) mass is 382 g/mol. The van der Waals surface area contributed by atoms with E-state index in [0.29, 0.717) is 12.4 Å². The molecule has 0 radical (unpaired) electrons. The van der Waals surface area contributed by atoms with Crippen LogP contribution < -0.4 is 15.0 Å². The largest absolute Gasteiger partial charge is 0.489 e. The zero-order valence-corrected chi connectivity index (χ0v) is 15.2. The molecule has 0 bridgehead atoms. The summed E-state index contributed by atoms with van der Waals surface area (Å²) in [5.41, 5.74) is 0.679. The van der Waals surface area contributed by atoms with Crippen LogP contribution in [-0.2, 0) is 6.54 Å². The highest BCUT2D eigenvalue weighted by atomic mass is 19.1. The Morgan fingerprint density at radius 1 is 1.29 bits per heavy atom. The molecule has 0 spiro atoms. The van der Waals surface area contributed by atoms with Gasteiger partial charge in [0.05, 0.1) is 17.9 Å². The number of likely N-dealkylation sites (N-methyl/N-ethyl adjacent to an activating group) is 1. The highest BCUT2D eigenvalue weighted by molar-refractivity contribution is 5.92. The third-order valence-electron chi connectivity index (χ3n) is 4.40. The van der Waals surface area contributed by atoms with E-state index in [1.54, 1.807) is 18.5 Å². The summed E-state index contributed by atoms with van der Waals surface area (Å²) in [5.74, 6) is -0.0496. The average molecular weight is 382 g/mol. The highest BCUT2D eigenvalue weighted by Crippen LogP contribution is 2.29. The van der Waals surface area contributed by atoms with Crippen molar-refractivity contribution in [1.29, 1.82) is 0 Å². The lowest BCUT2D eigenvalue weighted by Gasteiger charge is -2.21. The Hall–Kier alpha value is -3.49. The summed E-state index contributed by atoms with van der Waals surface area (Å²) in [6.45, 7) is 0.992. The quantitative estimate of drug-likeness (QED) is 0.736. The van der Waals surface area contributed by atoms with Gasteiger partial charge in [0.1, 0.15) is 24.7 Å². The number of aromatic nitrogens is 4. The van der Waals surface area contributed by atoms with Crippen molar-refractivity contribution in [3.8, 4) is 5.75 Å². The Morgan fingerprint density at radius 2 is 2.07 bits per heavy atom. The van der Waals surface area contributed by atoms with E-state index < -0.39 is 11.7 Å². The number of carbonyl (C=O) groups excluding carboxylic acids is 1. The Labute approximate surface area is 161 Å². The van der Waals surface area contributed by atoms with Gasteiger partial charge in [-0.3, -0.25) is 9.48 Å². The molecule has 0 fully saturated rings. The molecule has 28 heavy (non-hydrogen) atoms. The molecule has 0 saturated carbocycles. The summed E-state index contributed by atoms with van der Waals surface area (Å²) < 4.78 is 21.4. The molecule has 144 valence electrons. The summed E-state index contributed by atoms with van der Waals surface area (Å²) in [5, 5.41) is 6.85. The van der Waals surface area contributed by atoms with Crippen molar-refractivity contribution in [2.24, 2.45) is 0 Å². The van der Waals surface area contributed by atoms with E-state index in [4.69, 9.17) is 4.74 Å². The van der Waals surface area contributed by atoms with Gasteiger partial charge in [-0.2, -0.15) is 5.10 Å². The second-order valence-electron chi connectivity index (χ2n) is 6.52. The van der Waals surface area contributed by atoms with Crippen molar-refractivity contribution in [3.63, 3.8) is 0 Å². The van der Waals surface area contributed by atoms with Gasteiger partial charge in [-0.25, -0.2) is 14.4 Å². The number of nitrogens with one attached hydrogen (secondary N) is 1. The minimum atomic E-state index is -0.695. The Balaban J connectivity index is 1.44. The van der Waals surface area contributed by atoms with E-state index in [1.165, 1.54) is 4.68 Å². The van der Waals surface area contributed by atoms with E-state index in [2.05, 4.69) is 20.4 Å². The Kier molecular flexibility index (Phi) is 4.88. The van der Waals surface area contributed by atoms with Gasteiger partial charge in [0.15, 0.2) is 11.5 Å². The molecule has 9 heteroatoms. The SMILES string of the molecule is CN1C[C@@H](NC(=O)c2nn(Cc3ncccn3)cc2F)COc2ccccc21. The molecule has 0 aliphatic carbocycles. The number of hydrogen-bond acceptors (Lipinski definition) is 6. The molecule has 2 aromatic heterocycles. The summed E-state index contributed by atoms with van der Waals surface area (Å²) >= 11 is 0. The van der Waals surface area contributed by atoms with Crippen LogP contribution >= 0.6 is 0 Å². The van der Waals surface area contributed by atoms with E-state index in [9.17, 15) is 9.18 Å². The number of para-hydroxylation sites is 2. The number of rotatable bonds is 4. The third kappa shape index (κ3) is 3.78. The number of anilines is 1. The second kappa shape index (κ2) is 7.63. The number of carbonyl (C=O) groups is 1. The average Bonchev–Trinajstić information content (AvgIpc) is 2.98. The van der Waals surface area contributed by atoms with Crippen LogP contribution in [0.15, 0.2) is 48.9 Å². The van der Waals surface area contributed by atoms with Crippen molar-refractivity contribution >= 4 is 11.6 Å². The normalized spacial score (nSPS) is 16.1. The predicted molar refractivity (Wildman–Crippen MR) is 99.8 cm³/mol. The molecule has 1 amide bonds. The number of ether oxygens (including phenoxy) is 1. The van der Waals surface area contributed by atoms with Crippen LogP contribution in [0.25, 0.3) is 0 Å². The van der Waals surface area contributed by atoms with Gasteiger partial charge in [-0.1, -0.05) is 12.1 Å². The summed E-state index contributed by atoms with van der Waals surface area (Å²) in [6, 6.07) is 9.03. The summed E-state index contributed by atoms with van der Waals surface area (Å²) in [6.07, 6.45) is 4.35.